The largest absolute Gasteiger partial charge is 0.444 e. The number of nitrogen functional groups attached to an aromatic ring is 1. The molecule has 2 aromatic carbocycles. The molecule has 1 amide bonds. The van der Waals surface area contributed by atoms with Crippen LogP contribution in [0.1, 0.15) is 34.9 Å². The average Bonchev–Trinajstić information content (AvgIpc) is 3.40. The van der Waals surface area contributed by atoms with Crippen LogP contribution in [0.2, 0.25) is 10.0 Å². The van der Waals surface area contributed by atoms with E-state index in [-0.39, 0.29) is 33.2 Å². The van der Waals surface area contributed by atoms with Gasteiger partial charge in [0.15, 0.2) is 0 Å². The summed E-state index contributed by atoms with van der Waals surface area (Å²) in [6, 6.07) is 11.7. The Hall–Kier alpha value is -2.24. The molecule has 0 saturated heterocycles. The first-order valence-corrected chi connectivity index (χ1v) is 8.52. The van der Waals surface area contributed by atoms with Crippen molar-refractivity contribution in [2.45, 2.75) is 25.0 Å². The molecule has 0 radical (unpaired) electrons. The highest BCUT2D eigenvalue weighted by Gasteiger charge is 2.31. The number of hydrogen-bond donors (Lipinski definition) is 2. The van der Waals surface area contributed by atoms with Crippen LogP contribution in [0.3, 0.4) is 0 Å². The second-order valence-electron chi connectivity index (χ2n) is 5.83. The fourth-order valence-electron chi connectivity index (χ4n) is 2.33. The molecule has 1 aliphatic rings. The van der Waals surface area contributed by atoms with Gasteiger partial charge in [0, 0.05) is 16.6 Å². The van der Waals surface area contributed by atoms with Crippen LogP contribution in [-0.4, -0.2) is 17.9 Å². The van der Waals surface area contributed by atoms with E-state index in [0.717, 1.165) is 12.8 Å². The summed E-state index contributed by atoms with van der Waals surface area (Å²) >= 11 is 11.9. The van der Waals surface area contributed by atoms with E-state index in [9.17, 15) is 9.59 Å². The molecule has 0 spiro atoms. The maximum atomic E-state index is 12.6. The van der Waals surface area contributed by atoms with Crippen molar-refractivity contribution in [3.8, 4) is 0 Å². The molecule has 0 bridgehead atoms. The number of ether oxygens (including phenoxy) is 1. The summed E-state index contributed by atoms with van der Waals surface area (Å²) in [7, 11) is 0. The number of amides is 1. The number of carbonyl (C=O) groups excluding carboxylic acids is 2. The molecule has 0 heterocycles. The van der Waals surface area contributed by atoms with Crippen LogP contribution in [0.15, 0.2) is 42.5 Å². The van der Waals surface area contributed by atoms with Gasteiger partial charge in [0.2, 0.25) is 6.10 Å². The summed E-state index contributed by atoms with van der Waals surface area (Å²) in [5.74, 6) is -1.13. The van der Waals surface area contributed by atoms with Crippen LogP contribution >= 0.6 is 23.2 Å². The van der Waals surface area contributed by atoms with Crippen molar-refractivity contribution in [2.24, 2.45) is 0 Å². The van der Waals surface area contributed by atoms with E-state index in [2.05, 4.69) is 5.32 Å². The first-order chi connectivity index (χ1) is 12.0. The van der Waals surface area contributed by atoms with Crippen LogP contribution in [0.5, 0.6) is 0 Å². The highest BCUT2D eigenvalue weighted by Crippen LogP contribution is 2.30. The number of hydrogen-bond acceptors (Lipinski definition) is 4. The summed E-state index contributed by atoms with van der Waals surface area (Å²) in [5.41, 5.74) is 6.50. The molecule has 5 nitrogen and oxygen atoms in total. The Bertz CT molecular complexity index is 807. The Morgan fingerprint density at radius 2 is 1.84 bits per heavy atom. The number of anilines is 1. The predicted molar refractivity (Wildman–Crippen MR) is 96.6 cm³/mol. The lowest BCUT2D eigenvalue weighted by Crippen LogP contribution is -2.33. The van der Waals surface area contributed by atoms with E-state index >= 15 is 0 Å². The van der Waals surface area contributed by atoms with E-state index in [1.807, 2.05) is 6.07 Å². The van der Waals surface area contributed by atoms with Gasteiger partial charge < -0.3 is 15.8 Å². The Kier molecular flexibility index (Phi) is 5.16. The zero-order valence-corrected chi connectivity index (χ0v) is 14.7. The van der Waals surface area contributed by atoms with Crippen molar-refractivity contribution < 1.29 is 14.3 Å². The number of halogens is 2. The number of nitrogens with one attached hydrogen (secondary N) is 1. The number of benzene rings is 2. The van der Waals surface area contributed by atoms with Gasteiger partial charge in [-0.1, -0.05) is 53.5 Å². The standard InChI is InChI=1S/C18H16Cl2N2O3/c19-11-8-13(15(21)14(20)9-11)18(24)25-16(10-4-2-1-3-5-10)17(23)22-12-6-7-12/h1-5,8-9,12,16H,6-7,21H2,(H,22,23). The van der Waals surface area contributed by atoms with Crippen LogP contribution in [0.25, 0.3) is 0 Å². The Balaban J connectivity index is 1.87. The number of esters is 1. The normalized spacial score (nSPS) is 14.6. The molecular formula is C18H16Cl2N2O3. The third kappa shape index (κ3) is 4.24. The second kappa shape index (κ2) is 7.33. The van der Waals surface area contributed by atoms with Gasteiger partial charge in [0.1, 0.15) is 0 Å². The highest BCUT2D eigenvalue weighted by atomic mass is 35.5. The SMILES string of the molecule is Nc1c(Cl)cc(Cl)cc1C(=O)OC(C(=O)NC1CC1)c1ccccc1. The molecule has 130 valence electrons. The molecule has 2 aromatic rings. The summed E-state index contributed by atoms with van der Waals surface area (Å²) in [6.45, 7) is 0. The first kappa shape index (κ1) is 17.6. The van der Waals surface area contributed by atoms with Gasteiger partial charge >= 0.3 is 5.97 Å². The van der Waals surface area contributed by atoms with E-state index in [1.54, 1.807) is 24.3 Å². The fraction of sp³-hybridized carbons (Fsp3) is 0.222. The zero-order chi connectivity index (χ0) is 18.0. The molecule has 0 aliphatic heterocycles. The summed E-state index contributed by atoms with van der Waals surface area (Å²) in [5, 5.41) is 3.25. The second-order valence-corrected chi connectivity index (χ2v) is 6.67. The molecule has 1 fully saturated rings. The van der Waals surface area contributed by atoms with Crippen molar-refractivity contribution in [1.29, 1.82) is 0 Å². The van der Waals surface area contributed by atoms with E-state index in [1.165, 1.54) is 12.1 Å². The van der Waals surface area contributed by atoms with Crippen molar-refractivity contribution in [1.82, 2.24) is 5.32 Å². The van der Waals surface area contributed by atoms with Crippen molar-refractivity contribution >= 4 is 40.8 Å². The molecular weight excluding hydrogens is 363 g/mol. The van der Waals surface area contributed by atoms with Gasteiger partial charge in [-0.05, 0) is 25.0 Å². The molecule has 1 aliphatic carbocycles. The molecule has 25 heavy (non-hydrogen) atoms. The summed E-state index contributed by atoms with van der Waals surface area (Å²) in [4.78, 5) is 25.1. The lowest BCUT2D eigenvalue weighted by Gasteiger charge is -2.18. The Morgan fingerprint density at radius 3 is 2.48 bits per heavy atom. The van der Waals surface area contributed by atoms with Crippen LogP contribution < -0.4 is 11.1 Å². The predicted octanol–water partition coefficient (Wildman–Crippen LogP) is 3.75. The molecule has 1 atom stereocenters. The molecule has 3 rings (SSSR count). The number of nitrogens with two attached hydrogens (primary N) is 1. The lowest BCUT2D eigenvalue weighted by atomic mass is 10.1. The molecule has 3 N–H and O–H groups in total. The van der Waals surface area contributed by atoms with E-state index < -0.39 is 12.1 Å². The Morgan fingerprint density at radius 1 is 1.16 bits per heavy atom. The fourth-order valence-corrected chi connectivity index (χ4v) is 2.82. The van der Waals surface area contributed by atoms with E-state index in [0.29, 0.717) is 5.56 Å². The molecule has 1 saturated carbocycles. The minimum atomic E-state index is -1.08. The maximum Gasteiger partial charge on any atom is 0.341 e. The van der Waals surface area contributed by atoms with Gasteiger partial charge in [0.25, 0.3) is 5.91 Å². The van der Waals surface area contributed by atoms with Crippen LogP contribution in [0.4, 0.5) is 5.69 Å². The van der Waals surface area contributed by atoms with Crippen molar-refractivity contribution in [2.75, 3.05) is 5.73 Å². The van der Waals surface area contributed by atoms with Gasteiger partial charge in [-0.3, -0.25) is 4.79 Å². The molecule has 0 aromatic heterocycles. The maximum absolute atomic E-state index is 12.6. The number of rotatable bonds is 5. The quantitative estimate of drug-likeness (QED) is 0.612. The zero-order valence-electron chi connectivity index (χ0n) is 13.2. The third-order valence-electron chi connectivity index (χ3n) is 3.80. The van der Waals surface area contributed by atoms with Gasteiger partial charge in [-0.25, -0.2) is 4.79 Å². The summed E-state index contributed by atoms with van der Waals surface area (Å²) < 4.78 is 5.46. The Labute approximate surface area is 155 Å². The van der Waals surface area contributed by atoms with Crippen molar-refractivity contribution in [3.63, 3.8) is 0 Å². The highest BCUT2D eigenvalue weighted by molar-refractivity contribution is 6.37. The average molecular weight is 379 g/mol. The van der Waals surface area contributed by atoms with Gasteiger partial charge in [-0.15, -0.1) is 0 Å². The lowest BCUT2D eigenvalue weighted by molar-refractivity contribution is -0.130. The number of carbonyl (C=O) groups is 2. The monoisotopic (exact) mass is 378 g/mol. The summed E-state index contributed by atoms with van der Waals surface area (Å²) in [6.07, 6.45) is 0.780. The first-order valence-electron chi connectivity index (χ1n) is 7.76. The van der Waals surface area contributed by atoms with Crippen molar-refractivity contribution in [3.05, 3.63) is 63.6 Å². The van der Waals surface area contributed by atoms with Gasteiger partial charge in [-0.2, -0.15) is 0 Å². The minimum absolute atomic E-state index is 0.0256. The topological polar surface area (TPSA) is 81.4 Å². The smallest absolute Gasteiger partial charge is 0.341 e. The molecule has 1 unspecified atom stereocenters. The van der Waals surface area contributed by atoms with Crippen LogP contribution in [0, 0.1) is 0 Å². The minimum Gasteiger partial charge on any atom is -0.444 e. The van der Waals surface area contributed by atoms with E-state index in [4.69, 9.17) is 33.7 Å². The molecule has 7 heteroatoms. The van der Waals surface area contributed by atoms with Gasteiger partial charge in [0.05, 0.1) is 16.3 Å². The third-order valence-corrected chi connectivity index (χ3v) is 4.33. The van der Waals surface area contributed by atoms with Crippen LogP contribution in [-0.2, 0) is 9.53 Å².